The first-order valence-electron chi connectivity index (χ1n) is 13.5. The molecule has 0 aromatic heterocycles. The number of carbonyl (C=O) groups excluding carboxylic acids is 2. The van der Waals surface area contributed by atoms with Crippen LogP contribution in [0.4, 0.5) is 0 Å². The van der Waals surface area contributed by atoms with Crippen LogP contribution in [-0.4, -0.2) is 45.6 Å². The Morgan fingerprint density at radius 2 is 1.21 bits per heavy atom. The lowest BCUT2D eigenvalue weighted by molar-refractivity contribution is -0.151. The lowest BCUT2D eigenvalue weighted by Gasteiger charge is -2.33. The van der Waals surface area contributed by atoms with Crippen molar-refractivity contribution >= 4 is 18.0 Å². The number of hydrogen-bond donors (Lipinski definition) is 4. The smallest absolute Gasteiger partial charge is 0.334 e. The molecule has 8 nitrogen and oxygen atoms in total. The van der Waals surface area contributed by atoms with Gasteiger partial charge >= 0.3 is 11.9 Å². The molecule has 214 valence electrons. The van der Waals surface area contributed by atoms with Crippen molar-refractivity contribution in [3.05, 3.63) is 124 Å². The van der Waals surface area contributed by atoms with E-state index < -0.39 is 41.0 Å². The number of hydrogen-bond acceptors (Lipinski definition) is 8. The number of carbonyl (C=O) groups is 2. The van der Waals surface area contributed by atoms with E-state index in [2.05, 4.69) is 0 Å². The molecule has 8 heteroatoms. The second-order valence-corrected chi connectivity index (χ2v) is 10.0. The van der Waals surface area contributed by atoms with Crippen molar-refractivity contribution in [3.8, 4) is 23.0 Å². The molecule has 0 spiro atoms. The summed E-state index contributed by atoms with van der Waals surface area (Å²) in [5.41, 5.74) is 3.12. The maximum absolute atomic E-state index is 13.8. The predicted octanol–water partition coefficient (Wildman–Crippen LogP) is 5.23. The Hall–Kier alpha value is -5.24. The molecule has 0 amide bonds. The van der Waals surface area contributed by atoms with E-state index in [1.807, 2.05) is 60.7 Å². The summed E-state index contributed by atoms with van der Waals surface area (Å²) in [7, 11) is 0. The fraction of sp³-hybridized carbons (Fsp3) is 0.176. The van der Waals surface area contributed by atoms with Gasteiger partial charge in [-0.2, -0.15) is 0 Å². The van der Waals surface area contributed by atoms with Crippen LogP contribution < -0.4 is 0 Å². The summed E-state index contributed by atoms with van der Waals surface area (Å²) in [5, 5.41) is 40.9. The van der Waals surface area contributed by atoms with Gasteiger partial charge in [-0.15, -0.1) is 0 Å². The van der Waals surface area contributed by atoms with Crippen molar-refractivity contribution in [2.45, 2.75) is 18.8 Å². The van der Waals surface area contributed by atoms with Crippen molar-refractivity contribution in [2.75, 3.05) is 13.2 Å². The second kappa shape index (κ2) is 12.5. The largest absolute Gasteiger partial charge is 0.504 e. The fourth-order valence-electron chi connectivity index (χ4n) is 5.17. The minimum absolute atomic E-state index is 0.00271. The summed E-state index contributed by atoms with van der Waals surface area (Å²) in [6.45, 7) is 0.116. The quantitative estimate of drug-likeness (QED) is 0.160. The van der Waals surface area contributed by atoms with Gasteiger partial charge < -0.3 is 29.9 Å². The van der Waals surface area contributed by atoms with Crippen LogP contribution in [0.25, 0.3) is 6.08 Å². The monoisotopic (exact) mass is 566 g/mol. The zero-order chi connectivity index (χ0) is 29.6. The van der Waals surface area contributed by atoms with Crippen LogP contribution in [0.1, 0.15) is 33.7 Å². The van der Waals surface area contributed by atoms with E-state index >= 15 is 0 Å². The van der Waals surface area contributed by atoms with Gasteiger partial charge in [-0.1, -0.05) is 66.7 Å². The van der Waals surface area contributed by atoms with Gasteiger partial charge in [-0.25, -0.2) is 4.79 Å². The van der Waals surface area contributed by atoms with Crippen LogP contribution in [-0.2, 0) is 31.9 Å². The molecule has 0 unspecified atom stereocenters. The molecule has 1 aliphatic carbocycles. The van der Waals surface area contributed by atoms with E-state index in [-0.39, 0.29) is 24.5 Å². The topological polar surface area (TPSA) is 134 Å². The Bertz CT molecular complexity index is 1610. The number of aromatic hydroxyl groups is 4. The number of rotatable bonds is 9. The molecule has 0 radical (unpaired) electrons. The maximum atomic E-state index is 13.8. The summed E-state index contributed by atoms with van der Waals surface area (Å²) >= 11 is 0. The Morgan fingerprint density at radius 3 is 1.83 bits per heavy atom. The summed E-state index contributed by atoms with van der Waals surface area (Å²) in [4.78, 5) is 27.4. The van der Waals surface area contributed by atoms with Crippen molar-refractivity contribution in [1.82, 2.24) is 0 Å². The average Bonchev–Trinajstić information content (AvgIpc) is 2.99. The van der Waals surface area contributed by atoms with E-state index in [9.17, 15) is 30.0 Å². The van der Waals surface area contributed by atoms with Gasteiger partial charge in [-0.05, 0) is 58.2 Å². The van der Waals surface area contributed by atoms with E-state index in [0.29, 0.717) is 29.5 Å². The first-order chi connectivity index (χ1) is 20.3. The Kier molecular flexibility index (Phi) is 8.43. The molecule has 0 saturated carbocycles. The Morgan fingerprint density at radius 1 is 0.643 bits per heavy atom. The normalized spacial score (nSPS) is 15.8. The van der Waals surface area contributed by atoms with Gasteiger partial charge in [0.15, 0.2) is 23.0 Å². The summed E-state index contributed by atoms with van der Waals surface area (Å²) in [5.74, 6) is -5.18. The molecule has 5 rings (SSSR count). The van der Waals surface area contributed by atoms with Gasteiger partial charge in [0.2, 0.25) is 0 Å². The van der Waals surface area contributed by atoms with Gasteiger partial charge in [-0.3, -0.25) is 4.79 Å². The van der Waals surface area contributed by atoms with Gasteiger partial charge in [0.1, 0.15) is 0 Å². The molecular formula is C34H30O8. The molecule has 4 aromatic carbocycles. The lowest BCUT2D eigenvalue weighted by Crippen LogP contribution is -2.34. The fourth-order valence-corrected chi connectivity index (χ4v) is 5.17. The summed E-state index contributed by atoms with van der Waals surface area (Å²) in [6.07, 6.45) is 2.38. The standard InChI is InChI=1S/C34H30O8/c35-27-12-11-23(18-28(27)36)31-25-20-30(38)29(37)19-24(25)17-26(33(39)41-15-13-21-7-3-1-4-8-21)32(31)34(40)42-16-14-22-9-5-2-6-10-22/h1-12,17-20,31-32,35-38H,13-16H2/t31-,32-/m1/s1. The van der Waals surface area contributed by atoms with E-state index in [1.165, 1.54) is 36.4 Å². The number of ether oxygens (including phenoxy) is 2. The van der Waals surface area contributed by atoms with Crippen molar-refractivity contribution < 1.29 is 39.5 Å². The molecule has 0 fully saturated rings. The molecule has 0 bridgehead atoms. The van der Waals surface area contributed by atoms with E-state index in [1.54, 1.807) is 0 Å². The van der Waals surface area contributed by atoms with Crippen LogP contribution in [0.2, 0.25) is 0 Å². The second-order valence-electron chi connectivity index (χ2n) is 10.0. The predicted molar refractivity (Wildman–Crippen MR) is 155 cm³/mol. The highest BCUT2D eigenvalue weighted by atomic mass is 16.5. The van der Waals surface area contributed by atoms with Crippen LogP contribution in [0.5, 0.6) is 23.0 Å². The Balaban J connectivity index is 1.51. The van der Waals surface area contributed by atoms with Gasteiger partial charge in [0, 0.05) is 18.8 Å². The zero-order valence-electron chi connectivity index (χ0n) is 22.6. The van der Waals surface area contributed by atoms with E-state index in [0.717, 1.165) is 11.1 Å². The van der Waals surface area contributed by atoms with Crippen LogP contribution in [0.15, 0.2) is 96.6 Å². The number of phenols is 4. The SMILES string of the molecule is O=C(OCCc1ccccc1)C1=Cc2cc(O)c(O)cc2[C@@H](c2ccc(O)c(O)c2)[C@@H]1C(=O)OCCc1ccccc1. The molecule has 4 N–H and O–H groups in total. The first-order valence-corrected chi connectivity index (χ1v) is 13.5. The molecule has 42 heavy (non-hydrogen) atoms. The van der Waals surface area contributed by atoms with Crippen molar-refractivity contribution in [3.63, 3.8) is 0 Å². The highest BCUT2D eigenvalue weighted by Crippen LogP contribution is 2.47. The molecule has 4 aromatic rings. The summed E-state index contributed by atoms with van der Waals surface area (Å²) < 4.78 is 11.3. The number of phenolic OH excluding ortho intramolecular Hbond substituents is 4. The highest BCUT2D eigenvalue weighted by Gasteiger charge is 2.43. The number of esters is 2. The van der Waals surface area contributed by atoms with Crippen LogP contribution in [0.3, 0.4) is 0 Å². The molecule has 1 aliphatic rings. The number of fused-ring (bicyclic) bond motifs is 1. The average molecular weight is 567 g/mol. The van der Waals surface area contributed by atoms with Gasteiger partial charge in [0.25, 0.3) is 0 Å². The Labute approximate surface area is 242 Å². The minimum atomic E-state index is -1.22. The third kappa shape index (κ3) is 6.23. The molecular weight excluding hydrogens is 536 g/mol. The van der Waals surface area contributed by atoms with E-state index in [4.69, 9.17) is 9.47 Å². The third-order valence-electron chi connectivity index (χ3n) is 7.29. The first kappa shape index (κ1) is 28.3. The zero-order valence-corrected chi connectivity index (χ0v) is 22.6. The number of benzene rings is 4. The van der Waals surface area contributed by atoms with Crippen molar-refractivity contribution in [2.24, 2.45) is 5.92 Å². The van der Waals surface area contributed by atoms with Crippen molar-refractivity contribution in [1.29, 1.82) is 0 Å². The molecule has 0 saturated heterocycles. The third-order valence-corrected chi connectivity index (χ3v) is 7.29. The summed E-state index contributed by atoms with van der Waals surface area (Å²) in [6, 6.07) is 25.7. The lowest BCUT2D eigenvalue weighted by atomic mass is 9.71. The molecule has 2 atom stereocenters. The maximum Gasteiger partial charge on any atom is 0.334 e. The molecule has 0 aliphatic heterocycles. The van der Waals surface area contributed by atoms with Gasteiger partial charge in [0.05, 0.1) is 24.7 Å². The van der Waals surface area contributed by atoms with Crippen LogP contribution in [0, 0.1) is 5.92 Å². The highest BCUT2D eigenvalue weighted by molar-refractivity contribution is 6.02. The minimum Gasteiger partial charge on any atom is -0.504 e. The molecule has 0 heterocycles. The van der Waals surface area contributed by atoms with Crippen LogP contribution >= 0.6 is 0 Å².